The van der Waals surface area contributed by atoms with Crippen molar-refractivity contribution in [1.82, 2.24) is 0 Å². The van der Waals surface area contributed by atoms with E-state index in [1.165, 1.54) is 5.56 Å². The summed E-state index contributed by atoms with van der Waals surface area (Å²) in [7, 11) is 0. The zero-order chi connectivity index (χ0) is 16.2. The maximum Gasteiger partial charge on any atom is 0.173 e. The van der Waals surface area contributed by atoms with E-state index in [1.807, 2.05) is 12.1 Å². The first-order valence-corrected chi connectivity index (χ1v) is 8.22. The highest BCUT2D eigenvalue weighted by Crippen LogP contribution is 2.52. The Balaban J connectivity index is 1.86. The Morgan fingerprint density at radius 3 is 2.91 bits per heavy atom. The molecular formula is C20H21NO2. The molecule has 0 aromatic heterocycles. The molecule has 118 valence electrons. The van der Waals surface area contributed by atoms with Crippen LogP contribution in [0.15, 0.2) is 35.6 Å². The van der Waals surface area contributed by atoms with Crippen LogP contribution < -0.4 is 4.90 Å². The highest BCUT2D eigenvalue weighted by Gasteiger charge is 2.46. The Morgan fingerprint density at radius 2 is 2.13 bits per heavy atom. The van der Waals surface area contributed by atoms with E-state index in [0.717, 1.165) is 29.9 Å². The van der Waals surface area contributed by atoms with E-state index in [1.54, 1.807) is 0 Å². The number of para-hydroxylation sites is 1. The van der Waals surface area contributed by atoms with E-state index in [2.05, 4.69) is 36.8 Å². The zero-order valence-electron chi connectivity index (χ0n) is 13.6. The van der Waals surface area contributed by atoms with Gasteiger partial charge in [0.15, 0.2) is 12.0 Å². The first-order valence-electron chi connectivity index (χ1n) is 8.22. The maximum atomic E-state index is 12.8. The van der Waals surface area contributed by atoms with Gasteiger partial charge in [-0.3, -0.25) is 4.79 Å². The lowest BCUT2D eigenvalue weighted by molar-refractivity contribution is -0.120. The Kier molecular flexibility index (Phi) is 3.06. The topological polar surface area (TPSA) is 29.5 Å². The summed E-state index contributed by atoms with van der Waals surface area (Å²) in [5, 5.41) is 0. The number of carbonyl (C=O) groups excluding carboxylic acids is 1. The fraction of sp³-hybridized carbons (Fsp3) is 0.450. The molecule has 2 bridgehead atoms. The van der Waals surface area contributed by atoms with E-state index in [-0.39, 0.29) is 23.3 Å². The van der Waals surface area contributed by atoms with Gasteiger partial charge in [-0.15, -0.1) is 6.42 Å². The number of hydrogen-bond donors (Lipinski definition) is 0. The first kappa shape index (κ1) is 14.4. The largest absolute Gasteiger partial charge is 0.474 e. The fourth-order valence-corrected chi connectivity index (χ4v) is 4.26. The second-order valence-corrected chi connectivity index (χ2v) is 7.53. The number of carbonyl (C=O) groups is 1. The van der Waals surface area contributed by atoms with Gasteiger partial charge in [-0.25, -0.2) is 0 Å². The van der Waals surface area contributed by atoms with Crippen LogP contribution in [0.1, 0.15) is 44.6 Å². The molecule has 2 heterocycles. The van der Waals surface area contributed by atoms with Crippen molar-refractivity contribution < 1.29 is 9.53 Å². The van der Waals surface area contributed by atoms with Gasteiger partial charge in [0.05, 0.1) is 6.54 Å². The van der Waals surface area contributed by atoms with E-state index < -0.39 is 0 Å². The van der Waals surface area contributed by atoms with Gasteiger partial charge in [-0.05, 0) is 17.0 Å². The Morgan fingerprint density at radius 1 is 1.35 bits per heavy atom. The lowest BCUT2D eigenvalue weighted by Crippen LogP contribution is -2.47. The number of benzene rings is 1. The summed E-state index contributed by atoms with van der Waals surface area (Å²) in [5.74, 6) is 4.03. The highest BCUT2D eigenvalue weighted by atomic mass is 16.5. The van der Waals surface area contributed by atoms with E-state index in [4.69, 9.17) is 11.2 Å². The number of hydrogen-bond acceptors (Lipinski definition) is 3. The SMILES string of the molecule is C#CCN1c2ccccc2[C@@H]2C[C@H]1OC1=C2C(=O)CC(C)(C)C1. The average Bonchev–Trinajstić information content (AvgIpc) is 2.49. The highest BCUT2D eigenvalue weighted by molar-refractivity contribution is 5.99. The van der Waals surface area contributed by atoms with Crippen LogP contribution in [0.4, 0.5) is 5.69 Å². The monoisotopic (exact) mass is 307 g/mol. The molecule has 23 heavy (non-hydrogen) atoms. The summed E-state index contributed by atoms with van der Waals surface area (Å²) in [6, 6.07) is 8.27. The van der Waals surface area contributed by atoms with Crippen molar-refractivity contribution in [2.45, 2.75) is 45.3 Å². The lowest BCUT2D eigenvalue weighted by Gasteiger charge is -2.48. The second-order valence-electron chi connectivity index (χ2n) is 7.53. The number of Topliss-reactive ketones (excluding diaryl/α,β-unsaturated/α-hetero) is 1. The van der Waals surface area contributed by atoms with Crippen LogP contribution in [-0.2, 0) is 9.53 Å². The first-order chi connectivity index (χ1) is 11.0. The minimum atomic E-state index is -0.0635. The van der Waals surface area contributed by atoms with Crippen molar-refractivity contribution in [3.63, 3.8) is 0 Å². The molecule has 0 unspecified atom stereocenters. The summed E-state index contributed by atoms with van der Waals surface area (Å²) in [4.78, 5) is 14.9. The molecule has 3 heteroatoms. The number of rotatable bonds is 1. The van der Waals surface area contributed by atoms with Crippen LogP contribution in [0.5, 0.6) is 0 Å². The molecule has 0 amide bonds. The molecule has 1 aliphatic carbocycles. The van der Waals surface area contributed by atoms with Crippen molar-refractivity contribution in [1.29, 1.82) is 0 Å². The maximum absolute atomic E-state index is 12.8. The number of allylic oxidation sites excluding steroid dienone is 2. The number of fused-ring (bicyclic) bond motifs is 5. The molecule has 0 spiro atoms. The minimum absolute atomic E-state index is 0.0297. The minimum Gasteiger partial charge on any atom is -0.474 e. The van der Waals surface area contributed by atoms with E-state index in [0.29, 0.717) is 13.0 Å². The number of ether oxygens (including phenoxy) is 1. The van der Waals surface area contributed by atoms with Gasteiger partial charge in [0, 0.05) is 36.4 Å². The quantitative estimate of drug-likeness (QED) is 0.742. The third-order valence-corrected chi connectivity index (χ3v) is 5.17. The van der Waals surface area contributed by atoms with Gasteiger partial charge < -0.3 is 9.64 Å². The molecule has 2 atom stereocenters. The van der Waals surface area contributed by atoms with Crippen LogP contribution in [-0.4, -0.2) is 18.6 Å². The van der Waals surface area contributed by atoms with Gasteiger partial charge in [0.25, 0.3) is 0 Å². The lowest BCUT2D eigenvalue weighted by atomic mass is 9.69. The molecule has 0 saturated heterocycles. The third-order valence-electron chi connectivity index (χ3n) is 5.17. The fourth-order valence-electron chi connectivity index (χ4n) is 4.26. The molecule has 2 aliphatic heterocycles. The van der Waals surface area contributed by atoms with Gasteiger partial charge in [-0.1, -0.05) is 38.0 Å². The number of anilines is 1. The summed E-state index contributed by atoms with van der Waals surface area (Å²) in [6.07, 6.45) is 7.75. The summed E-state index contributed by atoms with van der Waals surface area (Å²) >= 11 is 0. The standard InChI is InChI=1S/C20H21NO2/c1-4-9-21-15-8-6-5-7-13(15)14-10-18(21)23-17-12-20(2,3)11-16(22)19(14)17/h1,5-8,14,18H,9-12H2,2-3H3/t14-,18+/m0/s1. The number of ketones is 1. The summed E-state index contributed by atoms with van der Waals surface area (Å²) in [6.45, 7) is 4.79. The summed E-state index contributed by atoms with van der Waals surface area (Å²) < 4.78 is 6.28. The molecule has 4 rings (SSSR count). The second kappa shape index (κ2) is 4.89. The Hall–Kier alpha value is -2.21. The molecular weight excluding hydrogens is 286 g/mol. The van der Waals surface area contributed by atoms with Gasteiger partial charge >= 0.3 is 0 Å². The van der Waals surface area contributed by atoms with Crippen molar-refractivity contribution in [2.24, 2.45) is 5.41 Å². The van der Waals surface area contributed by atoms with Crippen LogP contribution >= 0.6 is 0 Å². The van der Waals surface area contributed by atoms with Crippen LogP contribution in [0.25, 0.3) is 0 Å². The number of nitrogens with zero attached hydrogens (tertiary/aromatic N) is 1. The molecule has 0 fully saturated rings. The van der Waals surface area contributed by atoms with E-state index in [9.17, 15) is 4.79 Å². The van der Waals surface area contributed by atoms with Gasteiger partial charge in [0.2, 0.25) is 0 Å². The van der Waals surface area contributed by atoms with Crippen LogP contribution in [0, 0.1) is 17.8 Å². The van der Waals surface area contributed by atoms with E-state index >= 15 is 0 Å². The molecule has 3 aliphatic rings. The molecule has 1 aromatic rings. The average molecular weight is 307 g/mol. The predicted octanol–water partition coefficient (Wildman–Crippen LogP) is 3.61. The normalized spacial score (nSPS) is 27.7. The molecule has 0 saturated carbocycles. The third kappa shape index (κ3) is 2.16. The van der Waals surface area contributed by atoms with Gasteiger partial charge in [-0.2, -0.15) is 0 Å². The molecule has 0 radical (unpaired) electrons. The molecule has 0 N–H and O–H groups in total. The van der Waals surface area contributed by atoms with Crippen molar-refractivity contribution >= 4 is 11.5 Å². The van der Waals surface area contributed by atoms with Crippen molar-refractivity contribution in [2.75, 3.05) is 11.4 Å². The molecule has 1 aromatic carbocycles. The van der Waals surface area contributed by atoms with Crippen molar-refractivity contribution in [3.05, 3.63) is 41.2 Å². The van der Waals surface area contributed by atoms with Crippen molar-refractivity contribution in [3.8, 4) is 12.3 Å². The smallest absolute Gasteiger partial charge is 0.173 e. The predicted molar refractivity (Wildman–Crippen MR) is 89.9 cm³/mol. The summed E-state index contributed by atoms with van der Waals surface area (Å²) in [5.41, 5.74) is 3.20. The Bertz CT molecular complexity index is 753. The van der Waals surface area contributed by atoms with Gasteiger partial charge in [0.1, 0.15) is 5.76 Å². The molecule has 3 nitrogen and oxygen atoms in total. The van der Waals surface area contributed by atoms with Crippen LogP contribution in [0.2, 0.25) is 0 Å². The Labute approximate surface area is 137 Å². The number of terminal acetylenes is 1. The van der Waals surface area contributed by atoms with Crippen LogP contribution in [0.3, 0.4) is 0 Å². The zero-order valence-corrected chi connectivity index (χ0v) is 13.6.